The number of carbonyl (C=O) groups excluding carboxylic acids is 1. The standard InChI is InChI=1S/C25H23N7O2/c1-31(16-17-7-4-3-5-8-17)23-13-22(18-14-26-27-15-18)32-24(29-23)12-21(30-32)25(33)28-19-9-6-10-20(11-19)34-2/h3-15H,16H2,1-2H3,(H,26,27)(H,28,33). The number of hydrogen-bond donors (Lipinski definition) is 2. The van der Waals surface area contributed by atoms with Gasteiger partial charge in [0.05, 0.1) is 19.0 Å². The number of H-pyrrole nitrogens is 1. The van der Waals surface area contributed by atoms with Crippen molar-refractivity contribution >= 4 is 23.1 Å². The largest absolute Gasteiger partial charge is 0.497 e. The summed E-state index contributed by atoms with van der Waals surface area (Å²) in [6.07, 6.45) is 3.50. The number of carbonyl (C=O) groups is 1. The van der Waals surface area contributed by atoms with Crippen molar-refractivity contribution in [2.75, 3.05) is 24.4 Å². The third-order valence-electron chi connectivity index (χ3n) is 5.42. The summed E-state index contributed by atoms with van der Waals surface area (Å²) in [6, 6.07) is 21.0. The van der Waals surface area contributed by atoms with Gasteiger partial charge in [0.2, 0.25) is 0 Å². The Morgan fingerprint density at radius 2 is 1.97 bits per heavy atom. The third-order valence-corrected chi connectivity index (χ3v) is 5.42. The number of anilines is 2. The van der Waals surface area contributed by atoms with Crippen molar-refractivity contribution in [2.45, 2.75) is 6.54 Å². The predicted octanol–water partition coefficient (Wildman–Crippen LogP) is 4.02. The van der Waals surface area contributed by atoms with Crippen LogP contribution in [-0.4, -0.2) is 44.9 Å². The fraction of sp³-hybridized carbons (Fsp3) is 0.120. The van der Waals surface area contributed by atoms with Crippen LogP contribution in [0.25, 0.3) is 16.9 Å². The average Bonchev–Trinajstić information content (AvgIpc) is 3.54. The molecule has 1 amide bonds. The molecule has 2 aromatic carbocycles. The van der Waals surface area contributed by atoms with Gasteiger partial charge in [-0.2, -0.15) is 10.2 Å². The van der Waals surface area contributed by atoms with E-state index in [1.165, 1.54) is 5.56 Å². The molecule has 0 saturated carbocycles. The monoisotopic (exact) mass is 453 g/mol. The van der Waals surface area contributed by atoms with Crippen LogP contribution in [0.2, 0.25) is 0 Å². The molecule has 0 saturated heterocycles. The number of nitrogens with one attached hydrogen (secondary N) is 2. The van der Waals surface area contributed by atoms with Gasteiger partial charge in [-0.25, -0.2) is 9.50 Å². The Kier molecular flexibility index (Phi) is 5.65. The van der Waals surface area contributed by atoms with Crippen LogP contribution < -0.4 is 15.0 Å². The van der Waals surface area contributed by atoms with E-state index in [9.17, 15) is 4.79 Å². The number of aromatic amines is 1. The number of nitrogens with zero attached hydrogens (tertiary/aromatic N) is 5. The van der Waals surface area contributed by atoms with E-state index < -0.39 is 0 Å². The second-order valence-electron chi connectivity index (χ2n) is 7.81. The molecule has 0 radical (unpaired) electrons. The molecular weight excluding hydrogens is 430 g/mol. The molecule has 0 aliphatic heterocycles. The topological polar surface area (TPSA) is 100 Å². The lowest BCUT2D eigenvalue weighted by Crippen LogP contribution is -2.18. The Hall–Kier alpha value is -4.66. The summed E-state index contributed by atoms with van der Waals surface area (Å²) >= 11 is 0. The summed E-state index contributed by atoms with van der Waals surface area (Å²) in [5, 5.41) is 14.3. The highest BCUT2D eigenvalue weighted by atomic mass is 16.5. The van der Waals surface area contributed by atoms with E-state index in [0.29, 0.717) is 23.6 Å². The SMILES string of the molecule is COc1cccc(NC(=O)c2cc3nc(N(C)Cc4ccccc4)cc(-c4cn[nH]c4)n3n2)c1. The first-order valence-electron chi connectivity index (χ1n) is 10.7. The summed E-state index contributed by atoms with van der Waals surface area (Å²) in [4.78, 5) is 19.8. The van der Waals surface area contributed by atoms with E-state index >= 15 is 0 Å². The average molecular weight is 454 g/mol. The van der Waals surface area contributed by atoms with Gasteiger partial charge in [0.25, 0.3) is 5.91 Å². The molecule has 9 heteroatoms. The van der Waals surface area contributed by atoms with Crippen LogP contribution in [0.15, 0.2) is 79.1 Å². The van der Waals surface area contributed by atoms with Crippen molar-refractivity contribution in [3.63, 3.8) is 0 Å². The van der Waals surface area contributed by atoms with E-state index in [0.717, 1.165) is 17.1 Å². The van der Waals surface area contributed by atoms with Crippen molar-refractivity contribution < 1.29 is 9.53 Å². The molecule has 5 rings (SSSR count). The number of benzene rings is 2. The zero-order chi connectivity index (χ0) is 23.5. The molecule has 0 aliphatic rings. The number of ether oxygens (including phenoxy) is 1. The van der Waals surface area contributed by atoms with E-state index in [2.05, 4.69) is 37.6 Å². The number of methoxy groups -OCH3 is 1. The highest BCUT2D eigenvalue weighted by molar-refractivity contribution is 6.03. The minimum atomic E-state index is -0.337. The Labute approximate surface area is 196 Å². The second kappa shape index (κ2) is 9.07. The van der Waals surface area contributed by atoms with Crippen molar-refractivity contribution in [2.24, 2.45) is 0 Å². The van der Waals surface area contributed by atoms with Crippen LogP contribution >= 0.6 is 0 Å². The zero-order valence-electron chi connectivity index (χ0n) is 18.8. The predicted molar refractivity (Wildman–Crippen MR) is 130 cm³/mol. The Bertz CT molecular complexity index is 1430. The molecule has 9 nitrogen and oxygen atoms in total. The first-order chi connectivity index (χ1) is 16.6. The molecule has 170 valence electrons. The molecule has 0 spiro atoms. The van der Waals surface area contributed by atoms with Crippen molar-refractivity contribution in [3.05, 3.63) is 90.4 Å². The lowest BCUT2D eigenvalue weighted by molar-refractivity contribution is 0.102. The lowest BCUT2D eigenvalue weighted by Gasteiger charge is -2.19. The van der Waals surface area contributed by atoms with Gasteiger partial charge in [0.15, 0.2) is 11.3 Å². The highest BCUT2D eigenvalue weighted by Gasteiger charge is 2.18. The second-order valence-corrected chi connectivity index (χ2v) is 7.81. The van der Waals surface area contributed by atoms with Gasteiger partial charge in [-0.15, -0.1) is 0 Å². The number of rotatable bonds is 7. The first kappa shape index (κ1) is 21.2. The normalized spacial score (nSPS) is 10.9. The molecular formula is C25H23N7O2. The smallest absolute Gasteiger partial charge is 0.276 e. The minimum Gasteiger partial charge on any atom is -0.497 e. The van der Waals surface area contributed by atoms with Gasteiger partial charge >= 0.3 is 0 Å². The molecule has 0 bridgehead atoms. The number of fused-ring (bicyclic) bond motifs is 1. The summed E-state index contributed by atoms with van der Waals surface area (Å²) in [6.45, 7) is 0.687. The summed E-state index contributed by atoms with van der Waals surface area (Å²) in [5.74, 6) is 1.08. The minimum absolute atomic E-state index is 0.253. The quantitative estimate of drug-likeness (QED) is 0.386. The molecule has 3 heterocycles. The number of aromatic nitrogens is 5. The summed E-state index contributed by atoms with van der Waals surface area (Å²) in [5.41, 5.74) is 4.21. The fourth-order valence-electron chi connectivity index (χ4n) is 3.70. The van der Waals surface area contributed by atoms with E-state index in [1.807, 2.05) is 43.4 Å². The maximum absolute atomic E-state index is 13.0. The summed E-state index contributed by atoms with van der Waals surface area (Å²) < 4.78 is 6.89. The maximum atomic E-state index is 13.0. The van der Waals surface area contributed by atoms with Gasteiger partial charge in [0.1, 0.15) is 11.6 Å². The van der Waals surface area contributed by atoms with Crippen LogP contribution in [0.5, 0.6) is 5.75 Å². The number of amides is 1. The van der Waals surface area contributed by atoms with E-state index in [4.69, 9.17) is 9.72 Å². The van der Waals surface area contributed by atoms with Gasteiger partial charge in [0, 0.05) is 49.2 Å². The number of hydrogen-bond acceptors (Lipinski definition) is 6. The van der Waals surface area contributed by atoms with Crippen LogP contribution in [0.4, 0.5) is 11.5 Å². The highest BCUT2D eigenvalue weighted by Crippen LogP contribution is 2.25. The van der Waals surface area contributed by atoms with Crippen LogP contribution in [0, 0.1) is 0 Å². The van der Waals surface area contributed by atoms with Crippen LogP contribution in [0.3, 0.4) is 0 Å². The van der Waals surface area contributed by atoms with Gasteiger partial charge in [-0.1, -0.05) is 36.4 Å². The summed E-state index contributed by atoms with van der Waals surface area (Å²) in [7, 11) is 3.57. The van der Waals surface area contributed by atoms with E-state index in [1.54, 1.807) is 42.2 Å². The van der Waals surface area contributed by atoms with Crippen molar-refractivity contribution in [3.8, 4) is 17.0 Å². The van der Waals surface area contributed by atoms with Gasteiger partial charge in [-0.3, -0.25) is 9.89 Å². The lowest BCUT2D eigenvalue weighted by atomic mass is 10.2. The first-order valence-corrected chi connectivity index (χ1v) is 10.7. The van der Waals surface area contributed by atoms with Crippen LogP contribution in [-0.2, 0) is 6.54 Å². The Morgan fingerprint density at radius 3 is 2.74 bits per heavy atom. The van der Waals surface area contributed by atoms with Crippen molar-refractivity contribution in [1.29, 1.82) is 0 Å². The fourth-order valence-corrected chi connectivity index (χ4v) is 3.70. The molecule has 5 aromatic rings. The molecule has 34 heavy (non-hydrogen) atoms. The van der Waals surface area contributed by atoms with Gasteiger partial charge < -0.3 is 15.0 Å². The van der Waals surface area contributed by atoms with Crippen molar-refractivity contribution in [1.82, 2.24) is 24.8 Å². The molecule has 2 N–H and O–H groups in total. The molecule has 0 fully saturated rings. The molecule has 0 unspecified atom stereocenters. The molecule has 3 aromatic heterocycles. The molecule has 0 atom stereocenters. The maximum Gasteiger partial charge on any atom is 0.276 e. The van der Waals surface area contributed by atoms with Crippen LogP contribution in [0.1, 0.15) is 16.1 Å². The Morgan fingerprint density at radius 1 is 1.12 bits per heavy atom. The van der Waals surface area contributed by atoms with E-state index in [-0.39, 0.29) is 11.6 Å². The Balaban J connectivity index is 1.51. The third kappa shape index (κ3) is 4.31. The van der Waals surface area contributed by atoms with Gasteiger partial charge in [-0.05, 0) is 17.7 Å². The molecule has 0 aliphatic carbocycles. The zero-order valence-corrected chi connectivity index (χ0v) is 18.8.